The van der Waals surface area contributed by atoms with Crippen LogP contribution in [0.15, 0.2) is 0 Å². The quantitative estimate of drug-likeness (QED) is 0.748. The minimum absolute atomic E-state index is 0.350. The number of ketones is 1. The van der Waals surface area contributed by atoms with Crippen LogP contribution in [-0.4, -0.2) is 15.6 Å². The van der Waals surface area contributed by atoms with Gasteiger partial charge in [0.25, 0.3) is 0 Å². The average Bonchev–Trinajstić information content (AvgIpc) is 2.57. The van der Waals surface area contributed by atoms with E-state index < -0.39 is 0 Å². The zero-order valence-electron chi connectivity index (χ0n) is 10.9. The van der Waals surface area contributed by atoms with Gasteiger partial charge in [0.15, 0.2) is 0 Å². The van der Waals surface area contributed by atoms with Crippen molar-refractivity contribution in [3.05, 3.63) is 16.4 Å². The topological polar surface area (TPSA) is 34.9 Å². The molecule has 0 saturated carbocycles. The van der Waals surface area contributed by atoms with Gasteiger partial charge in [0, 0.05) is 19.4 Å². The van der Waals surface area contributed by atoms with Crippen LogP contribution in [-0.2, 0) is 17.8 Å². The Bertz CT molecular complexity index is 385. The Morgan fingerprint density at radius 2 is 2.06 bits per heavy atom. The van der Waals surface area contributed by atoms with Gasteiger partial charge in [-0.3, -0.25) is 9.48 Å². The van der Waals surface area contributed by atoms with Crippen LogP contribution in [0.25, 0.3) is 0 Å². The molecule has 17 heavy (non-hydrogen) atoms. The standard InChI is InChI=1S/C13H21ClN2O/c1-4-7-11(17)8-6-9-12-13(14)10(3)15-16(12)5-2/h4-9H2,1-3H3. The van der Waals surface area contributed by atoms with Crippen LogP contribution in [0.1, 0.15) is 50.9 Å². The first-order chi connectivity index (χ1) is 8.10. The van der Waals surface area contributed by atoms with Gasteiger partial charge in [-0.25, -0.2) is 0 Å². The highest BCUT2D eigenvalue weighted by molar-refractivity contribution is 6.31. The summed E-state index contributed by atoms with van der Waals surface area (Å²) in [5.41, 5.74) is 1.94. The number of aromatic nitrogens is 2. The lowest BCUT2D eigenvalue weighted by Gasteiger charge is -2.04. The van der Waals surface area contributed by atoms with Crippen molar-refractivity contribution in [2.45, 2.75) is 59.4 Å². The summed E-state index contributed by atoms with van der Waals surface area (Å²) >= 11 is 6.20. The van der Waals surface area contributed by atoms with E-state index >= 15 is 0 Å². The van der Waals surface area contributed by atoms with E-state index in [9.17, 15) is 4.79 Å². The van der Waals surface area contributed by atoms with Crippen molar-refractivity contribution in [1.29, 1.82) is 0 Å². The van der Waals surface area contributed by atoms with E-state index in [1.165, 1.54) is 0 Å². The molecule has 1 heterocycles. The molecular formula is C13H21ClN2O. The molecule has 1 aromatic rings. The maximum Gasteiger partial charge on any atom is 0.132 e. The van der Waals surface area contributed by atoms with Crippen LogP contribution in [0.2, 0.25) is 5.02 Å². The SMILES string of the molecule is CCCC(=O)CCCc1c(Cl)c(C)nn1CC. The number of hydrogen-bond donors (Lipinski definition) is 0. The van der Waals surface area contributed by atoms with Gasteiger partial charge in [-0.1, -0.05) is 18.5 Å². The first kappa shape index (κ1) is 14.2. The van der Waals surface area contributed by atoms with Gasteiger partial charge >= 0.3 is 0 Å². The Kier molecular flexibility index (Phi) is 5.69. The van der Waals surface area contributed by atoms with Crippen LogP contribution in [0, 0.1) is 6.92 Å². The molecule has 0 atom stereocenters. The Hall–Kier alpha value is -0.830. The molecule has 0 saturated heterocycles. The molecule has 0 unspecified atom stereocenters. The average molecular weight is 257 g/mol. The van der Waals surface area contributed by atoms with Crippen molar-refractivity contribution in [1.82, 2.24) is 9.78 Å². The fourth-order valence-electron chi connectivity index (χ4n) is 1.96. The lowest BCUT2D eigenvalue weighted by Crippen LogP contribution is -2.04. The van der Waals surface area contributed by atoms with Crippen molar-refractivity contribution in [3.63, 3.8) is 0 Å². The van der Waals surface area contributed by atoms with Crippen LogP contribution >= 0.6 is 11.6 Å². The summed E-state index contributed by atoms with van der Waals surface area (Å²) < 4.78 is 1.93. The van der Waals surface area contributed by atoms with Crippen LogP contribution in [0.3, 0.4) is 0 Å². The lowest BCUT2D eigenvalue weighted by atomic mass is 10.1. The van der Waals surface area contributed by atoms with E-state index in [0.717, 1.165) is 42.2 Å². The Morgan fingerprint density at radius 3 is 2.65 bits per heavy atom. The highest BCUT2D eigenvalue weighted by Crippen LogP contribution is 2.22. The minimum Gasteiger partial charge on any atom is -0.300 e. The second kappa shape index (κ2) is 6.80. The highest BCUT2D eigenvalue weighted by Gasteiger charge is 2.12. The van der Waals surface area contributed by atoms with E-state index in [-0.39, 0.29) is 0 Å². The van der Waals surface area contributed by atoms with Gasteiger partial charge in [-0.15, -0.1) is 0 Å². The summed E-state index contributed by atoms with van der Waals surface area (Å²) in [6.07, 6.45) is 3.98. The van der Waals surface area contributed by atoms with Crippen LogP contribution in [0.4, 0.5) is 0 Å². The zero-order valence-corrected chi connectivity index (χ0v) is 11.7. The monoisotopic (exact) mass is 256 g/mol. The summed E-state index contributed by atoms with van der Waals surface area (Å²) in [4.78, 5) is 11.4. The van der Waals surface area contributed by atoms with E-state index in [1.807, 2.05) is 18.5 Å². The first-order valence-electron chi connectivity index (χ1n) is 6.33. The van der Waals surface area contributed by atoms with E-state index in [2.05, 4.69) is 12.0 Å². The molecule has 0 aromatic carbocycles. The molecule has 0 radical (unpaired) electrons. The molecule has 96 valence electrons. The summed E-state index contributed by atoms with van der Waals surface area (Å²) in [6, 6.07) is 0. The summed E-state index contributed by atoms with van der Waals surface area (Å²) in [5, 5.41) is 5.12. The fraction of sp³-hybridized carbons (Fsp3) is 0.692. The van der Waals surface area contributed by atoms with Crippen molar-refractivity contribution >= 4 is 17.4 Å². The smallest absolute Gasteiger partial charge is 0.132 e. The largest absolute Gasteiger partial charge is 0.300 e. The number of carbonyl (C=O) groups excluding carboxylic acids is 1. The molecule has 0 bridgehead atoms. The van der Waals surface area contributed by atoms with Crippen molar-refractivity contribution < 1.29 is 4.79 Å². The molecule has 3 nitrogen and oxygen atoms in total. The third-order valence-corrected chi connectivity index (χ3v) is 3.34. The molecule has 0 aliphatic heterocycles. The van der Waals surface area contributed by atoms with Crippen LogP contribution < -0.4 is 0 Å². The molecular weight excluding hydrogens is 236 g/mol. The van der Waals surface area contributed by atoms with Gasteiger partial charge in [0.05, 0.1) is 16.4 Å². The van der Waals surface area contributed by atoms with Gasteiger partial charge in [0.2, 0.25) is 0 Å². The Labute approximate surface area is 108 Å². The number of halogens is 1. The highest BCUT2D eigenvalue weighted by atomic mass is 35.5. The third-order valence-electron chi connectivity index (χ3n) is 2.85. The molecule has 0 aliphatic rings. The molecule has 4 heteroatoms. The van der Waals surface area contributed by atoms with E-state index in [1.54, 1.807) is 0 Å². The molecule has 0 spiro atoms. The number of rotatable bonds is 7. The number of aryl methyl sites for hydroxylation is 2. The molecule has 0 fully saturated rings. The van der Waals surface area contributed by atoms with Crippen molar-refractivity contribution in [2.75, 3.05) is 0 Å². The predicted molar refractivity (Wildman–Crippen MR) is 70.5 cm³/mol. The van der Waals surface area contributed by atoms with Crippen molar-refractivity contribution in [2.24, 2.45) is 0 Å². The molecule has 1 rings (SSSR count). The van der Waals surface area contributed by atoms with Gasteiger partial charge in [-0.2, -0.15) is 5.10 Å². The van der Waals surface area contributed by atoms with E-state index in [0.29, 0.717) is 18.6 Å². The lowest BCUT2D eigenvalue weighted by molar-refractivity contribution is -0.119. The fourth-order valence-corrected chi connectivity index (χ4v) is 2.19. The van der Waals surface area contributed by atoms with Crippen molar-refractivity contribution in [3.8, 4) is 0 Å². The second-order valence-corrected chi connectivity index (χ2v) is 4.68. The minimum atomic E-state index is 0.350. The maximum absolute atomic E-state index is 11.4. The third kappa shape index (κ3) is 3.84. The predicted octanol–water partition coefficient (Wildman–Crippen LogP) is 3.56. The molecule has 1 aromatic heterocycles. The summed E-state index contributed by atoms with van der Waals surface area (Å²) in [7, 11) is 0. The number of carbonyl (C=O) groups is 1. The van der Waals surface area contributed by atoms with E-state index in [4.69, 9.17) is 11.6 Å². The molecule has 0 amide bonds. The van der Waals surface area contributed by atoms with Gasteiger partial charge < -0.3 is 0 Å². The maximum atomic E-state index is 11.4. The van der Waals surface area contributed by atoms with Crippen LogP contribution in [0.5, 0.6) is 0 Å². The Morgan fingerprint density at radius 1 is 1.35 bits per heavy atom. The normalized spacial score (nSPS) is 10.8. The molecule has 0 N–H and O–H groups in total. The second-order valence-electron chi connectivity index (χ2n) is 4.30. The van der Waals surface area contributed by atoms with Gasteiger partial charge in [-0.05, 0) is 33.1 Å². The number of hydrogen-bond acceptors (Lipinski definition) is 2. The summed E-state index contributed by atoms with van der Waals surface area (Å²) in [5.74, 6) is 0.350. The zero-order chi connectivity index (χ0) is 12.8. The first-order valence-corrected chi connectivity index (χ1v) is 6.71. The Balaban J connectivity index is 2.54. The number of nitrogens with zero attached hydrogens (tertiary/aromatic N) is 2. The summed E-state index contributed by atoms with van der Waals surface area (Å²) in [6.45, 7) is 6.82. The molecule has 0 aliphatic carbocycles. The number of Topliss-reactive ketones (excluding diaryl/α,β-unsaturated/α-hetero) is 1. The van der Waals surface area contributed by atoms with Gasteiger partial charge in [0.1, 0.15) is 5.78 Å².